The number of aromatic nitrogens is 2. The maximum absolute atomic E-state index is 10.9. The Kier molecular flexibility index (Phi) is 4.40. The maximum Gasteiger partial charge on any atom is 0.269 e. The number of pyridine rings is 1. The second kappa shape index (κ2) is 6.86. The van der Waals surface area contributed by atoms with Crippen molar-refractivity contribution in [3.8, 4) is 11.3 Å². The third-order valence-electron chi connectivity index (χ3n) is 4.82. The van der Waals surface area contributed by atoms with E-state index in [1.807, 2.05) is 0 Å². The molecule has 0 aliphatic carbocycles. The monoisotopic (exact) mass is 351 g/mol. The Hall–Kier alpha value is -2.77. The molecule has 1 N–H and O–H groups in total. The highest BCUT2D eigenvalue weighted by atomic mass is 16.6. The molecule has 4 rings (SSSR count). The number of non-ortho nitro benzene ring substituents is 1. The summed E-state index contributed by atoms with van der Waals surface area (Å²) in [5.74, 6) is 0. The van der Waals surface area contributed by atoms with Crippen molar-refractivity contribution in [1.82, 2.24) is 19.6 Å². The fourth-order valence-electron chi connectivity index (χ4n) is 3.40. The first kappa shape index (κ1) is 16.7. The highest BCUT2D eigenvalue weighted by molar-refractivity contribution is 5.68. The standard InChI is InChI=1S/C19H21N5O2/c1-14-6-9-23-17(13-22-10-7-20-8-11-22)19(21-18(23)12-14)15-2-4-16(5-3-15)24(25)26/h2-6,9,12,20H,7-8,10-11,13H2,1H3. The minimum Gasteiger partial charge on any atom is -0.314 e. The van der Waals surface area contributed by atoms with E-state index in [0.717, 1.165) is 60.9 Å². The summed E-state index contributed by atoms with van der Waals surface area (Å²) in [7, 11) is 0. The molecule has 0 bridgehead atoms. The Balaban J connectivity index is 1.78. The van der Waals surface area contributed by atoms with Gasteiger partial charge in [0.1, 0.15) is 5.65 Å². The van der Waals surface area contributed by atoms with Gasteiger partial charge >= 0.3 is 0 Å². The van der Waals surface area contributed by atoms with Crippen molar-refractivity contribution in [2.24, 2.45) is 0 Å². The first-order valence-electron chi connectivity index (χ1n) is 8.77. The number of aryl methyl sites for hydroxylation is 1. The minimum absolute atomic E-state index is 0.0945. The number of nitro groups is 1. The average Bonchev–Trinajstić information content (AvgIpc) is 3.00. The second-order valence-corrected chi connectivity index (χ2v) is 6.67. The molecule has 0 amide bonds. The summed E-state index contributed by atoms with van der Waals surface area (Å²) in [5, 5.41) is 14.3. The van der Waals surface area contributed by atoms with Gasteiger partial charge in [-0.15, -0.1) is 0 Å². The largest absolute Gasteiger partial charge is 0.314 e. The van der Waals surface area contributed by atoms with E-state index in [1.54, 1.807) is 24.3 Å². The zero-order chi connectivity index (χ0) is 18.1. The SMILES string of the molecule is Cc1ccn2c(CN3CCNCC3)c(-c3ccc([N+](=O)[O-])cc3)nc2c1. The normalized spacial score (nSPS) is 15.4. The van der Waals surface area contributed by atoms with Crippen LogP contribution in [0.5, 0.6) is 0 Å². The van der Waals surface area contributed by atoms with Crippen molar-refractivity contribution in [3.05, 3.63) is 64.0 Å². The molecule has 0 atom stereocenters. The molecule has 0 unspecified atom stereocenters. The molecule has 26 heavy (non-hydrogen) atoms. The first-order valence-corrected chi connectivity index (χ1v) is 8.77. The Morgan fingerprint density at radius 1 is 1.19 bits per heavy atom. The van der Waals surface area contributed by atoms with Gasteiger partial charge in [0.2, 0.25) is 0 Å². The number of nitrogens with one attached hydrogen (secondary N) is 1. The molecule has 3 heterocycles. The molecule has 0 radical (unpaired) electrons. The smallest absolute Gasteiger partial charge is 0.269 e. The second-order valence-electron chi connectivity index (χ2n) is 6.67. The molecule has 1 fully saturated rings. The van der Waals surface area contributed by atoms with E-state index >= 15 is 0 Å². The van der Waals surface area contributed by atoms with E-state index in [0.29, 0.717) is 0 Å². The lowest BCUT2D eigenvalue weighted by Crippen LogP contribution is -2.43. The molecule has 1 saturated heterocycles. The van der Waals surface area contributed by atoms with Crippen LogP contribution in [0.25, 0.3) is 16.9 Å². The molecule has 0 spiro atoms. The van der Waals surface area contributed by atoms with Gasteiger partial charge in [0, 0.05) is 56.6 Å². The number of nitrogens with zero attached hydrogens (tertiary/aromatic N) is 4. The van der Waals surface area contributed by atoms with Crippen LogP contribution < -0.4 is 5.32 Å². The predicted molar refractivity (Wildman–Crippen MR) is 100 cm³/mol. The van der Waals surface area contributed by atoms with Gasteiger partial charge in [-0.2, -0.15) is 0 Å². The van der Waals surface area contributed by atoms with Gasteiger partial charge in [0.05, 0.1) is 16.3 Å². The van der Waals surface area contributed by atoms with Crippen LogP contribution >= 0.6 is 0 Å². The van der Waals surface area contributed by atoms with Crippen LogP contribution in [0.4, 0.5) is 5.69 Å². The van der Waals surface area contributed by atoms with Crippen molar-refractivity contribution in [2.45, 2.75) is 13.5 Å². The van der Waals surface area contributed by atoms with Crippen LogP contribution in [-0.4, -0.2) is 45.4 Å². The number of hydrogen-bond acceptors (Lipinski definition) is 5. The number of nitro benzene ring substituents is 1. The average molecular weight is 351 g/mol. The van der Waals surface area contributed by atoms with Gasteiger partial charge in [0.15, 0.2) is 0 Å². The van der Waals surface area contributed by atoms with Crippen molar-refractivity contribution >= 4 is 11.3 Å². The summed E-state index contributed by atoms with van der Waals surface area (Å²) >= 11 is 0. The summed E-state index contributed by atoms with van der Waals surface area (Å²) in [5.41, 5.74) is 5.08. The highest BCUT2D eigenvalue weighted by Gasteiger charge is 2.19. The third kappa shape index (κ3) is 3.18. The predicted octanol–water partition coefficient (Wildman–Crippen LogP) is 2.62. The van der Waals surface area contributed by atoms with E-state index in [4.69, 9.17) is 4.98 Å². The van der Waals surface area contributed by atoms with Crippen molar-refractivity contribution in [1.29, 1.82) is 0 Å². The lowest BCUT2D eigenvalue weighted by atomic mass is 10.1. The van der Waals surface area contributed by atoms with E-state index in [9.17, 15) is 10.1 Å². The number of benzene rings is 1. The lowest BCUT2D eigenvalue weighted by Gasteiger charge is -2.27. The molecule has 134 valence electrons. The van der Waals surface area contributed by atoms with Gasteiger partial charge < -0.3 is 9.72 Å². The maximum atomic E-state index is 10.9. The molecule has 0 saturated carbocycles. The van der Waals surface area contributed by atoms with Crippen LogP contribution in [0.15, 0.2) is 42.6 Å². The molecule has 1 aromatic carbocycles. The summed E-state index contributed by atoms with van der Waals surface area (Å²) < 4.78 is 2.13. The van der Waals surface area contributed by atoms with Gasteiger partial charge in [-0.05, 0) is 36.8 Å². The van der Waals surface area contributed by atoms with Gasteiger partial charge in [-0.25, -0.2) is 4.98 Å². The molecular formula is C19H21N5O2. The molecule has 7 nitrogen and oxygen atoms in total. The Bertz CT molecular complexity index is 942. The van der Waals surface area contributed by atoms with Crippen LogP contribution in [0.1, 0.15) is 11.3 Å². The number of fused-ring (bicyclic) bond motifs is 1. The third-order valence-corrected chi connectivity index (χ3v) is 4.82. The Morgan fingerprint density at radius 2 is 1.92 bits per heavy atom. The quantitative estimate of drug-likeness (QED) is 0.578. The topological polar surface area (TPSA) is 75.7 Å². The molecular weight excluding hydrogens is 330 g/mol. The van der Waals surface area contributed by atoms with Crippen LogP contribution in [0.2, 0.25) is 0 Å². The van der Waals surface area contributed by atoms with Crippen LogP contribution in [0.3, 0.4) is 0 Å². The minimum atomic E-state index is -0.377. The van der Waals surface area contributed by atoms with Gasteiger partial charge in [-0.1, -0.05) is 0 Å². The summed E-state index contributed by atoms with van der Waals surface area (Å²) in [6.07, 6.45) is 2.06. The van der Waals surface area contributed by atoms with Crippen LogP contribution in [0, 0.1) is 17.0 Å². The molecule has 7 heteroatoms. The fraction of sp³-hybridized carbons (Fsp3) is 0.316. The highest BCUT2D eigenvalue weighted by Crippen LogP contribution is 2.28. The molecule has 3 aromatic rings. The van der Waals surface area contributed by atoms with Crippen molar-refractivity contribution < 1.29 is 4.92 Å². The van der Waals surface area contributed by atoms with E-state index < -0.39 is 0 Å². The lowest BCUT2D eigenvalue weighted by molar-refractivity contribution is -0.384. The summed E-state index contributed by atoms with van der Waals surface area (Å²) in [4.78, 5) is 17.8. The summed E-state index contributed by atoms with van der Waals surface area (Å²) in [6, 6.07) is 10.8. The fourth-order valence-corrected chi connectivity index (χ4v) is 3.40. The van der Waals surface area contributed by atoms with Gasteiger partial charge in [-0.3, -0.25) is 15.0 Å². The summed E-state index contributed by atoms with van der Waals surface area (Å²) in [6.45, 7) is 6.83. The van der Waals surface area contributed by atoms with Crippen LogP contribution in [-0.2, 0) is 6.54 Å². The number of imidazole rings is 1. The molecule has 2 aromatic heterocycles. The first-order chi connectivity index (χ1) is 12.6. The zero-order valence-corrected chi connectivity index (χ0v) is 14.7. The number of piperazine rings is 1. The van der Waals surface area contributed by atoms with E-state index in [-0.39, 0.29) is 10.6 Å². The number of rotatable bonds is 4. The Labute approximate surface area is 151 Å². The van der Waals surface area contributed by atoms with E-state index in [2.05, 4.69) is 39.9 Å². The number of hydrogen-bond donors (Lipinski definition) is 1. The van der Waals surface area contributed by atoms with Crippen molar-refractivity contribution in [2.75, 3.05) is 26.2 Å². The Morgan fingerprint density at radius 3 is 2.62 bits per heavy atom. The van der Waals surface area contributed by atoms with Gasteiger partial charge in [0.25, 0.3) is 5.69 Å². The molecule has 1 aliphatic rings. The van der Waals surface area contributed by atoms with E-state index in [1.165, 1.54) is 0 Å². The van der Waals surface area contributed by atoms with Crippen molar-refractivity contribution in [3.63, 3.8) is 0 Å². The molecule has 1 aliphatic heterocycles. The zero-order valence-electron chi connectivity index (χ0n) is 14.7.